The molecule has 0 rings (SSSR count). The van der Waals surface area contributed by atoms with Gasteiger partial charge in [-0.1, -0.05) is 13.8 Å². The number of ether oxygens (including phenoxy) is 1. The van der Waals surface area contributed by atoms with E-state index in [4.69, 9.17) is 0 Å². The number of amides is 1. The van der Waals surface area contributed by atoms with Gasteiger partial charge in [0.25, 0.3) is 0 Å². The maximum atomic E-state index is 11.8. The standard InChI is InChI=1S/C10H18F3NO2/c1-4-8(5-2)14-9(15)7(3)16-6-10(11,12)13/h7-8H,4-6H2,1-3H3,(H,14,15). The van der Waals surface area contributed by atoms with Gasteiger partial charge in [0, 0.05) is 6.04 Å². The van der Waals surface area contributed by atoms with E-state index in [0.717, 1.165) is 12.8 Å². The molecule has 0 bridgehead atoms. The summed E-state index contributed by atoms with van der Waals surface area (Å²) in [6.45, 7) is 3.71. The van der Waals surface area contributed by atoms with E-state index in [1.54, 1.807) is 0 Å². The summed E-state index contributed by atoms with van der Waals surface area (Å²) in [4.78, 5) is 11.4. The zero-order valence-electron chi connectivity index (χ0n) is 9.73. The van der Waals surface area contributed by atoms with Gasteiger partial charge in [-0.15, -0.1) is 0 Å². The highest BCUT2D eigenvalue weighted by Gasteiger charge is 2.30. The summed E-state index contributed by atoms with van der Waals surface area (Å²) in [6, 6.07) is -0.00978. The quantitative estimate of drug-likeness (QED) is 0.774. The Morgan fingerprint density at radius 3 is 2.19 bits per heavy atom. The van der Waals surface area contributed by atoms with E-state index in [-0.39, 0.29) is 6.04 Å². The molecule has 0 aromatic carbocycles. The Labute approximate surface area is 93.3 Å². The Morgan fingerprint density at radius 2 is 1.81 bits per heavy atom. The third kappa shape index (κ3) is 6.66. The maximum Gasteiger partial charge on any atom is 0.411 e. The summed E-state index contributed by atoms with van der Waals surface area (Å²) in [5, 5.41) is 2.62. The first-order valence-corrected chi connectivity index (χ1v) is 5.28. The first-order chi connectivity index (χ1) is 7.30. The molecule has 0 aromatic heterocycles. The van der Waals surface area contributed by atoms with Gasteiger partial charge in [0.05, 0.1) is 0 Å². The second-order valence-electron chi connectivity index (χ2n) is 3.59. The molecule has 0 saturated heterocycles. The molecular weight excluding hydrogens is 223 g/mol. The fourth-order valence-corrected chi connectivity index (χ4v) is 1.11. The topological polar surface area (TPSA) is 38.3 Å². The summed E-state index contributed by atoms with van der Waals surface area (Å²) in [7, 11) is 0. The van der Waals surface area contributed by atoms with Crippen molar-refractivity contribution >= 4 is 5.91 Å². The molecule has 1 N–H and O–H groups in total. The van der Waals surface area contributed by atoms with Gasteiger partial charge < -0.3 is 10.1 Å². The number of alkyl halides is 3. The smallest absolute Gasteiger partial charge is 0.359 e. The summed E-state index contributed by atoms with van der Waals surface area (Å²) >= 11 is 0. The summed E-state index contributed by atoms with van der Waals surface area (Å²) < 4.78 is 39.9. The summed E-state index contributed by atoms with van der Waals surface area (Å²) in [5.41, 5.74) is 0. The molecule has 0 radical (unpaired) electrons. The van der Waals surface area contributed by atoms with Crippen LogP contribution in [0.3, 0.4) is 0 Å². The van der Waals surface area contributed by atoms with Gasteiger partial charge in [0.2, 0.25) is 5.91 Å². The Hall–Kier alpha value is -0.780. The van der Waals surface area contributed by atoms with Crippen molar-refractivity contribution in [3.05, 3.63) is 0 Å². The van der Waals surface area contributed by atoms with Crippen LogP contribution in [0.4, 0.5) is 13.2 Å². The van der Waals surface area contributed by atoms with Crippen LogP contribution in [0.25, 0.3) is 0 Å². The second kappa shape index (κ2) is 6.73. The average Bonchev–Trinajstić information content (AvgIpc) is 2.20. The number of nitrogens with one attached hydrogen (secondary N) is 1. The van der Waals surface area contributed by atoms with Gasteiger partial charge in [0.1, 0.15) is 12.7 Å². The van der Waals surface area contributed by atoms with Crippen molar-refractivity contribution in [2.24, 2.45) is 0 Å². The minimum Gasteiger partial charge on any atom is -0.359 e. The highest BCUT2D eigenvalue weighted by atomic mass is 19.4. The largest absolute Gasteiger partial charge is 0.411 e. The van der Waals surface area contributed by atoms with Crippen molar-refractivity contribution in [3.63, 3.8) is 0 Å². The van der Waals surface area contributed by atoms with Crippen LogP contribution in [0.5, 0.6) is 0 Å². The SMILES string of the molecule is CCC(CC)NC(=O)C(C)OCC(F)(F)F. The number of halogens is 3. The molecule has 0 heterocycles. The molecule has 1 amide bonds. The summed E-state index contributed by atoms with van der Waals surface area (Å²) in [6.07, 6.45) is -3.99. The molecule has 1 unspecified atom stereocenters. The van der Waals surface area contributed by atoms with E-state index in [1.165, 1.54) is 6.92 Å². The molecule has 1 atom stereocenters. The zero-order valence-corrected chi connectivity index (χ0v) is 9.73. The normalized spacial score (nSPS) is 13.9. The predicted molar refractivity (Wildman–Crippen MR) is 54.0 cm³/mol. The van der Waals surface area contributed by atoms with Crippen LogP contribution in [0.1, 0.15) is 33.6 Å². The third-order valence-electron chi connectivity index (χ3n) is 2.20. The Kier molecular flexibility index (Phi) is 6.40. The molecule has 0 aliphatic carbocycles. The lowest BCUT2D eigenvalue weighted by molar-refractivity contribution is -0.185. The predicted octanol–water partition coefficient (Wildman–Crippen LogP) is 2.26. The minimum atomic E-state index is -4.40. The monoisotopic (exact) mass is 241 g/mol. The fraction of sp³-hybridized carbons (Fsp3) is 0.900. The minimum absolute atomic E-state index is 0.00978. The van der Waals surface area contributed by atoms with E-state index >= 15 is 0 Å². The van der Waals surface area contributed by atoms with Crippen molar-refractivity contribution in [2.45, 2.75) is 51.9 Å². The lowest BCUT2D eigenvalue weighted by atomic mass is 10.1. The molecule has 16 heavy (non-hydrogen) atoms. The molecule has 0 spiro atoms. The van der Waals surface area contributed by atoms with Crippen molar-refractivity contribution in [3.8, 4) is 0 Å². The number of carbonyl (C=O) groups excluding carboxylic acids is 1. The lowest BCUT2D eigenvalue weighted by Gasteiger charge is -2.19. The first kappa shape index (κ1) is 15.2. The first-order valence-electron chi connectivity index (χ1n) is 5.28. The summed E-state index contributed by atoms with van der Waals surface area (Å²) in [5.74, 6) is -0.502. The van der Waals surface area contributed by atoms with Crippen molar-refractivity contribution in [2.75, 3.05) is 6.61 Å². The number of hydrogen-bond acceptors (Lipinski definition) is 2. The van der Waals surface area contributed by atoms with E-state index < -0.39 is 24.8 Å². The van der Waals surface area contributed by atoms with Crippen molar-refractivity contribution < 1.29 is 22.7 Å². The number of hydrogen-bond donors (Lipinski definition) is 1. The molecule has 0 aliphatic heterocycles. The number of rotatable bonds is 6. The van der Waals surface area contributed by atoms with Gasteiger partial charge in [-0.3, -0.25) is 4.79 Å². The van der Waals surface area contributed by atoms with Crippen molar-refractivity contribution in [1.29, 1.82) is 0 Å². The molecule has 0 aliphatic rings. The molecule has 3 nitrogen and oxygen atoms in total. The molecule has 0 fully saturated rings. The van der Waals surface area contributed by atoms with Crippen LogP contribution < -0.4 is 5.32 Å². The average molecular weight is 241 g/mol. The van der Waals surface area contributed by atoms with E-state index in [9.17, 15) is 18.0 Å². The Morgan fingerprint density at radius 1 is 1.31 bits per heavy atom. The van der Waals surface area contributed by atoms with Crippen LogP contribution in [-0.4, -0.2) is 30.8 Å². The highest BCUT2D eigenvalue weighted by Crippen LogP contribution is 2.15. The van der Waals surface area contributed by atoms with E-state index in [0.29, 0.717) is 0 Å². The van der Waals surface area contributed by atoms with Gasteiger partial charge in [-0.25, -0.2) is 0 Å². The number of carbonyl (C=O) groups is 1. The van der Waals surface area contributed by atoms with Crippen molar-refractivity contribution in [1.82, 2.24) is 5.32 Å². The van der Waals surface area contributed by atoms with Crippen LogP contribution in [0.2, 0.25) is 0 Å². The molecule has 0 aromatic rings. The zero-order chi connectivity index (χ0) is 12.8. The van der Waals surface area contributed by atoms with Crippen LogP contribution >= 0.6 is 0 Å². The van der Waals surface area contributed by atoms with E-state index in [1.807, 2.05) is 13.8 Å². The van der Waals surface area contributed by atoms with Gasteiger partial charge in [0.15, 0.2) is 0 Å². The third-order valence-corrected chi connectivity index (χ3v) is 2.20. The van der Waals surface area contributed by atoms with Crippen LogP contribution in [0, 0.1) is 0 Å². The Bertz CT molecular complexity index is 215. The highest BCUT2D eigenvalue weighted by molar-refractivity contribution is 5.80. The van der Waals surface area contributed by atoms with Gasteiger partial charge in [-0.2, -0.15) is 13.2 Å². The lowest BCUT2D eigenvalue weighted by Crippen LogP contribution is -2.41. The van der Waals surface area contributed by atoms with Crippen LogP contribution in [-0.2, 0) is 9.53 Å². The fourth-order valence-electron chi connectivity index (χ4n) is 1.11. The second-order valence-corrected chi connectivity index (χ2v) is 3.59. The maximum absolute atomic E-state index is 11.8. The molecule has 6 heteroatoms. The molecule has 0 saturated carbocycles. The van der Waals surface area contributed by atoms with E-state index in [2.05, 4.69) is 10.1 Å². The van der Waals surface area contributed by atoms with Gasteiger partial charge >= 0.3 is 6.18 Å². The molecular formula is C10H18F3NO2. The Balaban J connectivity index is 3.99. The molecule has 96 valence electrons. The van der Waals surface area contributed by atoms with Crippen LogP contribution in [0.15, 0.2) is 0 Å². The van der Waals surface area contributed by atoms with Gasteiger partial charge in [-0.05, 0) is 19.8 Å².